The summed E-state index contributed by atoms with van der Waals surface area (Å²) in [7, 11) is -3.64. The molecule has 0 aliphatic rings. The number of rotatable bonds is 2. The number of sulfonamides is 1. The van der Waals surface area contributed by atoms with Crippen LogP contribution in [0.4, 0.5) is 0 Å². The van der Waals surface area contributed by atoms with Gasteiger partial charge in [-0.15, -0.1) is 0 Å². The minimum Gasteiger partial charge on any atom is -0.273 e. The molecule has 0 rings (SSSR count). The Balaban J connectivity index is 4.52. The van der Waals surface area contributed by atoms with Crippen LogP contribution in [0.5, 0.6) is 0 Å². The lowest BCUT2D eigenvalue weighted by Gasteiger charge is -2.16. The maximum atomic E-state index is 11.1. The van der Waals surface area contributed by atoms with Crippen molar-refractivity contribution in [3.8, 4) is 0 Å². The van der Waals surface area contributed by atoms with Crippen LogP contribution in [-0.2, 0) is 14.8 Å². The van der Waals surface area contributed by atoms with Crippen molar-refractivity contribution in [3.63, 3.8) is 0 Å². The zero-order valence-corrected chi connectivity index (χ0v) is 8.23. The van der Waals surface area contributed by atoms with Crippen LogP contribution in [0.3, 0.4) is 0 Å². The molecule has 0 aliphatic carbocycles. The average Bonchev–Trinajstić information content (AvgIpc) is 1.85. The van der Waals surface area contributed by atoms with E-state index >= 15 is 0 Å². The molecule has 0 atom stereocenters. The molecule has 1 amide bonds. The predicted octanol–water partition coefficient (Wildman–Crippen LogP) is 0.622. The summed E-state index contributed by atoms with van der Waals surface area (Å²) in [4.78, 5) is 11.1. The molecule has 12 heavy (non-hydrogen) atoms. The fraction of sp³-hybridized carbons (Fsp3) is 0.571. The molecule has 0 aliphatic heterocycles. The van der Waals surface area contributed by atoms with Crippen molar-refractivity contribution in [1.29, 1.82) is 0 Å². The minimum absolute atomic E-state index is 0.539. The van der Waals surface area contributed by atoms with E-state index in [0.29, 0.717) is 5.41 Å². The molecule has 0 radical (unpaired) electrons. The summed E-state index contributed by atoms with van der Waals surface area (Å²) in [6.07, 6.45) is 0. The number of nitrogens with one attached hydrogen (secondary N) is 1. The standard InChI is InChI=1S/C7H13NO3S/c1-5-12(10,11)8-6(9)7(2,3)4/h5H,1H2,2-4H3,(H,8,9). The number of carbonyl (C=O) groups excluding carboxylic acids is 1. The highest BCUT2D eigenvalue weighted by atomic mass is 32.2. The second-order valence-corrected chi connectivity index (χ2v) is 5.02. The van der Waals surface area contributed by atoms with Crippen LogP contribution in [0.1, 0.15) is 20.8 Å². The molecule has 5 heteroatoms. The molecule has 0 aromatic carbocycles. The summed E-state index contributed by atoms with van der Waals surface area (Å²) < 4.78 is 23.5. The third-order valence-electron chi connectivity index (χ3n) is 1.14. The van der Waals surface area contributed by atoms with Crippen LogP contribution < -0.4 is 4.72 Å². The number of hydrogen-bond acceptors (Lipinski definition) is 3. The molecule has 0 saturated heterocycles. The quantitative estimate of drug-likeness (QED) is 0.696. The number of carbonyl (C=O) groups is 1. The maximum Gasteiger partial charge on any atom is 0.256 e. The molecule has 4 nitrogen and oxygen atoms in total. The Hall–Kier alpha value is -0.840. The second-order valence-electron chi connectivity index (χ2n) is 3.39. The summed E-state index contributed by atoms with van der Waals surface area (Å²) >= 11 is 0. The molecule has 0 bridgehead atoms. The predicted molar refractivity (Wildman–Crippen MR) is 46.7 cm³/mol. The van der Waals surface area contributed by atoms with E-state index in [9.17, 15) is 13.2 Å². The van der Waals surface area contributed by atoms with E-state index < -0.39 is 21.3 Å². The Bertz CT molecular complexity index is 284. The third kappa shape index (κ3) is 3.52. The summed E-state index contributed by atoms with van der Waals surface area (Å²) in [5.74, 6) is -0.539. The van der Waals surface area contributed by atoms with Crippen LogP contribution in [0.15, 0.2) is 12.0 Å². The van der Waals surface area contributed by atoms with Crippen LogP contribution >= 0.6 is 0 Å². The molecule has 0 saturated carbocycles. The lowest BCUT2D eigenvalue weighted by atomic mass is 9.96. The first-order valence-corrected chi connectivity index (χ1v) is 4.93. The average molecular weight is 191 g/mol. The Morgan fingerprint density at radius 1 is 1.42 bits per heavy atom. The van der Waals surface area contributed by atoms with Gasteiger partial charge in [0.1, 0.15) is 0 Å². The highest BCUT2D eigenvalue weighted by Crippen LogP contribution is 2.12. The van der Waals surface area contributed by atoms with Gasteiger partial charge < -0.3 is 0 Å². The highest BCUT2D eigenvalue weighted by molar-refractivity contribution is 7.92. The zero-order chi connectivity index (χ0) is 9.99. The lowest BCUT2D eigenvalue weighted by molar-refractivity contribution is -0.126. The minimum atomic E-state index is -3.64. The normalized spacial score (nSPS) is 12.2. The van der Waals surface area contributed by atoms with Gasteiger partial charge >= 0.3 is 0 Å². The fourth-order valence-electron chi connectivity index (χ4n) is 0.324. The Morgan fingerprint density at radius 3 is 2.08 bits per heavy atom. The van der Waals surface area contributed by atoms with E-state index in [-0.39, 0.29) is 0 Å². The van der Waals surface area contributed by atoms with Gasteiger partial charge in [0, 0.05) is 10.8 Å². The smallest absolute Gasteiger partial charge is 0.256 e. The topological polar surface area (TPSA) is 63.2 Å². The van der Waals surface area contributed by atoms with Gasteiger partial charge in [-0.05, 0) is 0 Å². The molecule has 0 aromatic heterocycles. The van der Waals surface area contributed by atoms with Crippen LogP contribution in [0, 0.1) is 5.41 Å². The summed E-state index contributed by atoms with van der Waals surface area (Å²) in [6.45, 7) is 7.94. The van der Waals surface area contributed by atoms with E-state index in [0.717, 1.165) is 0 Å². The van der Waals surface area contributed by atoms with Gasteiger partial charge in [-0.1, -0.05) is 27.4 Å². The molecule has 70 valence electrons. The van der Waals surface area contributed by atoms with Crippen LogP contribution in [0.2, 0.25) is 0 Å². The van der Waals surface area contributed by atoms with Crippen LogP contribution in [-0.4, -0.2) is 14.3 Å². The Kier molecular flexibility index (Phi) is 3.04. The SMILES string of the molecule is C=CS(=O)(=O)NC(=O)C(C)(C)C. The van der Waals surface area contributed by atoms with E-state index in [1.165, 1.54) is 0 Å². The van der Waals surface area contributed by atoms with Crippen molar-refractivity contribution in [3.05, 3.63) is 12.0 Å². The molecular weight excluding hydrogens is 178 g/mol. The largest absolute Gasteiger partial charge is 0.273 e. The summed E-state index contributed by atoms with van der Waals surface area (Å²) in [6, 6.07) is 0. The first-order chi connectivity index (χ1) is 5.19. The zero-order valence-electron chi connectivity index (χ0n) is 7.42. The molecule has 0 spiro atoms. The summed E-state index contributed by atoms with van der Waals surface area (Å²) in [5.41, 5.74) is -0.712. The van der Waals surface area contributed by atoms with Crippen LogP contribution in [0.25, 0.3) is 0 Å². The highest BCUT2D eigenvalue weighted by Gasteiger charge is 2.24. The lowest BCUT2D eigenvalue weighted by Crippen LogP contribution is -2.37. The number of amides is 1. The van der Waals surface area contributed by atoms with Gasteiger partial charge in [-0.3, -0.25) is 4.79 Å². The summed E-state index contributed by atoms with van der Waals surface area (Å²) in [5, 5.41) is 0.705. The van der Waals surface area contributed by atoms with Crippen molar-refractivity contribution >= 4 is 15.9 Å². The van der Waals surface area contributed by atoms with Gasteiger partial charge in [-0.2, -0.15) is 0 Å². The van der Waals surface area contributed by atoms with Gasteiger partial charge in [0.2, 0.25) is 5.91 Å². The molecule has 0 unspecified atom stereocenters. The fourth-order valence-corrected chi connectivity index (χ4v) is 0.972. The molecule has 0 heterocycles. The van der Waals surface area contributed by atoms with Gasteiger partial charge in [0.05, 0.1) is 0 Å². The third-order valence-corrected chi connectivity index (χ3v) is 2.04. The van der Waals surface area contributed by atoms with Crippen molar-refractivity contribution in [2.75, 3.05) is 0 Å². The first kappa shape index (κ1) is 11.2. The van der Waals surface area contributed by atoms with E-state index in [1.54, 1.807) is 20.8 Å². The van der Waals surface area contributed by atoms with Gasteiger partial charge in [0.15, 0.2) is 0 Å². The number of hydrogen-bond donors (Lipinski definition) is 1. The van der Waals surface area contributed by atoms with Gasteiger partial charge in [-0.25, -0.2) is 13.1 Å². The second kappa shape index (κ2) is 3.26. The molecule has 0 fully saturated rings. The van der Waals surface area contributed by atoms with Crippen molar-refractivity contribution in [1.82, 2.24) is 4.72 Å². The van der Waals surface area contributed by atoms with E-state index in [2.05, 4.69) is 6.58 Å². The molecular formula is C7H13NO3S. The monoisotopic (exact) mass is 191 g/mol. The van der Waals surface area contributed by atoms with E-state index in [4.69, 9.17) is 0 Å². The van der Waals surface area contributed by atoms with Crippen molar-refractivity contribution < 1.29 is 13.2 Å². The molecule has 1 N–H and O–H groups in total. The Morgan fingerprint density at radius 2 is 1.83 bits per heavy atom. The van der Waals surface area contributed by atoms with Crippen molar-refractivity contribution in [2.24, 2.45) is 5.41 Å². The van der Waals surface area contributed by atoms with E-state index in [1.807, 2.05) is 4.72 Å². The Labute approximate surface area is 72.7 Å². The maximum absolute atomic E-state index is 11.1. The first-order valence-electron chi connectivity index (χ1n) is 3.39. The van der Waals surface area contributed by atoms with Gasteiger partial charge in [0.25, 0.3) is 10.0 Å². The molecule has 0 aromatic rings. The van der Waals surface area contributed by atoms with Crippen molar-refractivity contribution in [2.45, 2.75) is 20.8 Å².